The van der Waals surface area contributed by atoms with Crippen molar-refractivity contribution in [1.82, 2.24) is 9.80 Å². The number of hydrogen-bond donors (Lipinski definition) is 2. The molecule has 1 aliphatic heterocycles. The Bertz CT molecular complexity index is 144. The van der Waals surface area contributed by atoms with E-state index in [0.29, 0.717) is 13.1 Å². The summed E-state index contributed by atoms with van der Waals surface area (Å²) in [5, 5.41) is 0. The van der Waals surface area contributed by atoms with Gasteiger partial charge >= 0.3 is 0 Å². The molecule has 0 amide bonds. The van der Waals surface area contributed by atoms with E-state index >= 15 is 0 Å². The van der Waals surface area contributed by atoms with Crippen molar-refractivity contribution in [2.75, 3.05) is 26.2 Å². The number of rotatable bonds is 4. The first-order valence-corrected chi connectivity index (χ1v) is 4.15. The molecule has 0 bridgehead atoms. The molecule has 0 fully saturated rings. The average Bonchev–Trinajstić information content (AvgIpc) is 2.09. The average molecular weight is 168 g/mol. The van der Waals surface area contributed by atoms with Crippen molar-refractivity contribution >= 4 is 0 Å². The zero-order chi connectivity index (χ0) is 8.81. The molecular formula is C8H16N4. The summed E-state index contributed by atoms with van der Waals surface area (Å²) in [6.07, 6.45) is 8.01. The Morgan fingerprint density at radius 3 is 1.33 bits per heavy atom. The number of hydrogen-bond acceptors (Lipinski definition) is 4. The van der Waals surface area contributed by atoms with Gasteiger partial charge in [0.05, 0.1) is 0 Å². The van der Waals surface area contributed by atoms with Crippen molar-refractivity contribution in [2.24, 2.45) is 11.5 Å². The lowest BCUT2D eigenvalue weighted by Gasteiger charge is -2.23. The molecule has 4 nitrogen and oxygen atoms in total. The lowest BCUT2D eigenvalue weighted by Crippen LogP contribution is -2.27. The maximum Gasteiger partial charge on any atom is 0.0343 e. The summed E-state index contributed by atoms with van der Waals surface area (Å²) < 4.78 is 0. The van der Waals surface area contributed by atoms with Gasteiger partial charge in [-0.3, -0.25) is 0 Å². The second-order valence-electron chi connectivity index (χ2n) is 2.65. The molecule has 0 unspecified atom stereocenters. The highest BCUT2D eigenvalue weighted by Crippen LogP contribution is 2.02. The Hall–Kier alpha value is -1.00. The monoisotopic (exact) mass is 168 g/mol. The summed E-state index contributed by atoms with van der Waals surface area (Å²) in [4.78, 5) is 4.10. The van der Waals surface area contributed by atoms with Gasteiger partial charge in [0.15, 0.2) is 0 Å². The topological polar surface area (TPSA) is 58.5 Å². The summed E-state index contributed by atoms with van der Waals surface area (Å²) in [6, 6.07) is 0. The molecular weight excluding hydrogens is 152 g/mol. The van der Waals surface area contributed by atoms with Crippen molar-refractivity contribution < 1.29 is 0 Å². The lowest BCUT2D eigenvalue weighted by atomic mass is 10.4. The summed E-state index contributed by atoms with van der Waals surface area (Å²) in [5.41, 5.74) is 10.8. The molecule has 0 atom stereocenters. The molecule has 0 saturated carbocycles. The van der Waals surface area contributed by atoms with E-state index < -0.39 is 0 Å². The first-order valence-electron chi connectivity index (χ1n) is 4.15. The molecule has 0 aromatic carbocycles. The molecule has 0 aromatic heterocycles. The van der Waals surface area contributed by atoms with E-state index in [0.717, 1.165) is 13.1 Å². The van der Waals surface area contributed by atoms with Gasteiger partial charge in [-0.15, -0.1) is 0 Å². The quantitative estimate of drug-likeness (QED) is 0.592. The van der Waals surface area contributed by atoms with E-state index in [1.165, 1.54) is 0 Å². The van der Waals surface area contributed by atoms with Gasteiger partial charge in [0.1, 0.15) is 0 Å². The van der Waals surface area contributed by atoms with Crippen LogP contribution in [0.1, 0.15) is 0 Å². The summed E-state index contributed by atoms with van der Waals surface area (Å²) in [6.45, 7) is 3.07. The molecule has 0 saturated heterocycles. The normalized spacial score (nSPS) is 15.8. The van der Waals surface area contributed by atoms with Gasteiger partial charge in [-0.05, 0) is 0 Å². The molecule has 68 valence electrons. The van der Waals surface area contributed by atoms with Gasteiger partial charge in [0, 0.05) is 51.0 Å². The Labute approximate surface area is 73.1 Å². The Morgan fingerprint density at radius 2 is 1.08 bits per heavy atom. The fourth-order valence-electron chi connectivity index (χ4n) is 1.04. The third-order valence-corrected chi connectivity index (χ3v) is 1.67. The number of nitrogens with two attached hydrogens (primary N) is 2. The van der Waals surface area contributed by atoms with Gasteiger partial charge in [-0.2, -0.15) is 0 Å². The predicted molar refractivity (Wildman–Crippen MR) is 49.8 cm³/mol. The van der Waals surface area contributed by atoms with Crippen LogP contribution in [0.3, 0.4) is 0 Å². The molecule has 1 aliphatic rings. The van der Waals surface area contributed by atoms with Crippen LogP contribution in [0.4, 0.5) is 0 Å². The van der Waals surface area contributed by atoms with Crippen molar-refractivity contribution in [3.05, 3.63) is 24.8 Å². The fraction of sp³-hybridized carbons (Fsp3) is 0.500. The van der Waals surface area contributed by atoms with Crippen molar-refractivity contribution in [3.8, 4) is 0 Å². The minimum Gasteiger partial charge on any atom is -0.350 e. The summed E-state index contributed by atoms with van der Waals surface area (Å²) in [7, 11) is 0. The maximum absolute atomic E-state index is 5.41. The largest absolute Gasteiger partial charge is 0.350 e. The second kappa shape index (κ2) is 4.79. The third-order valence-electron chi connectivity index (χ3n) is 1.67. The summed E-state index contributed by atoms with van der Waals surface area (Å²) >= 11 is 0. The first kappa shape index (κ1) is 9.09. The fourth-order valence-corrected chi connectivity index (χ4v) is 1.04. The van der Waals surface area contributed by atoms with Crippen molar-refractivity contribution in [2.45, 2.75) is 0 Å². The minimum atomic E-state index is 0.672. The van der Waals surface area contributed by atoms with Gasteiger partial charge in [0.25, 0.3) is 0 Å². The van der Waals surface area contributed by atoms with E-state index in [1.54, 1.807) is 0 Å². The van der Waals surface area contributed by atoms with Crippen LogP contribution in [-0.4, -0.2) is 36.0 Å². The summed E-state index contributed by atoms with van der Waals surface area (Å²) in [5.74, 6) is 0. The molecule has 4 heteroatoms. The maximum atomic E-state index is 5.41. The van der Waals surface area contributed by atoms with E-state index in [-0.39, 0.29) is 0 Å². The standard InChI is InChI=1S/C8H16N4/c9-1-3-11-5-7-12(4-2-10)8-6-11/h5-8H,1-4,9-10H2. The van der Waals surface area contributed by atoms with E-state index in [9.17, 15) is 0 Å². The lowest BCUT2D eigenvalue weighted by molar-refractivity contribution is 0.431. The van der Waals surface area contributed by atoms with Crippen LogP contribution >= 0.6 is 0 Å². The van der Waals surface area contributed by atoms with Crippen molar-refractivity contribution in [1.29, 1.82) is 0 Å². The van der Waals surface area contributed by atoms with Gasteiger partial charge in [0.2, 0.25) is 0 Å². The molecule has 12 heavy (non-hydrogen) atoms. The SMILES string of the molecule is NCCN1C=CN(CCN)C=C1. The predicted octanol–water partition coefficient (Wildman–Crippen LogP) is -0.536. The Kier molecular flexibility index (Phi) is 3.63. The third kappa shape index (κ3) is 2.56. The smallest absolute Gasteiger partial charge is 0.0343 e. The van der Waals surface area contributed by atoms with Crippen LogP contribution in [0.15, 0.2) is 24.8 Å². The van der Waals surface area contributed by atoms with Crippen molar-refractivity contribution in [3.63, 3.8) is 0 Å². The van der Waals surface area contributed by atoms with Crippen LogP contribution in [0.5, 0.6) is 0 Å². The van der Waals surface area contributed by atoms with Crippen LogP contribution < -0.4 is 11.5 Å². The Balaban J connectivity index is 2.32. The van der Waals surface area contributed by atoms with Crippen LogP contribution in [0, 0.1) is 0 Å². The van der Waals surface area contributed by atoms with E-state index in [1.807, 2.05) is 34.6 Å². The minimum absolute atomic E-state index is 0.672. The Morgan fingerprint density at radius 1 is 0.750 bits per heavy atom. The molecule has 0 aromatic rings. The highest BCUT2D eigenvalue weighted by atomic mass is 15.2. The van der Waals surface area contributed by atoms with Gasteiger partial charge in [-0.1, -0.05) is 0 Å². The second-order valence-corrected chi connectivity index (χ2v) is 2.65. The molecule has 0 spiro atoms. The molecule has 1 heterocycles. The molecule has 1 rings (SSSR count). The first-order chi connectivity index (χ1) is 5.86. The molecule has 0 aliphatic carbocycles. The van der Waals surface area contributed by atoms with E-state index in [2.05, 4.69) is 0 Å². The zero-order valence-electron chi connectivity index (χ0n) is 7.19. The van der Waals surface area contributed by atoms with Gasteiger partial charge < -0.3 is 21.3 Å². The molecule has 0 radical (unpaired) electrons. The van der Waals surface area contributed by atoms with Crippen LogP contribution in [0.25, 0.3) is 0 Å². The number of nitrogens with zero attached hydrogens (tertiary/aromatic N) is 2. The zero-order valence-corrected chi connectivity index (χ0v) is 7.19. The molecule has 4 N–H and O–H groups in total. The van der Waals surface area contributed by atoms with Gasteiger partial charge in [-0.25, -0.2) is 0 Å². The highest BCUT2D eigenvalue weighted by Gasteiger charge is 2.00. The highest BCUT2D eigenvalue weighted by molar-refractivity contribution is 5.00. The van der Waals surface area contributed by atoms with Crippen LogP contribution in [0.2, 0.25) is 0 Å². The van der Waals surface area contributed by atoms with Crippen LogP contribution in [-0.2, 0) is 0 Å². The van der Waals surface area contributed by atoms with E-state index in [4.69, 9.17) is 11.5 Å².